The second-order valence-electron chi connectivity index (χ2n) is 10.2. The molecule has 42 heavy (non-hydrogen) atoms. The van der Waals surface area contributed by atoms with Gasteiger partial charge in [-0.05, 0) is 60.5 Å². The lowest BCUT2D eigenvalue weighted by Gasteiger charge is -2.18. The summed E-state index contributed by atoms with van der Waals surface area (Å²) < 4.78 is 22.0. The molecule has 8 heteroatoms. The summed E-state index contributed by atoms with van der Waals surface area (Å²) in [4.78, 5) is 31.1. The maximum absolute atomic E-state index is 14.8. The standard InChI is InChI=1S/C34H33FN2O3S.ClH/c1-4-10-30(38)27-22-37(20-25-13-8-9-14-29(25)35)34-31(32(27)39)28(21-36(2)19-23-11-6-5-7-12-23)33(41-34)24-15-17-26(40-3)18-16-24;/h5-9,11-18,22H,4,10,19-21H2,1-3H3;1H. The molecular formula is C34H34ClFN2O3S. The molecule has 5 aromatic rings. The van der Waals surface area contributed by atoms with E-state index in [1.54, 1.807) is 31.5 Å². The molecule has 0 fully saturated rings. The fourth-order valence-electron chi connectivity index (χ4n) is 5.13. The molecule has 218 valence electrons. The van der Waals surface area contributed by atoms with E-state index in [2.05, 4.69) is 17.0 Å². The Morgan fingerprint density at radius 3 is 2.33 bits per heavy atom. The van der Waals surface area contributed by atoms with Gasteiger partial charge in [0.15, 0.2) is 5.78 Å². The number of pyridine rings is 1. The number of hydrogen-bond donors (Lipinski definition) is 0. The first-order valence-corrected chi connectivity index (χ1v) is 14.5. The van der Waals surface area contributed by atoms with Crippen molar-refractivity contribution >= 4 is 39.7 Å². The number of benzene rings is 3. The van der Waals surface area contributed by atoms with Crippen LogP contribution in [0.2, 0.25) is 0 Å². The first-order chi connectivity index (χ1) is 19.9. The molecule has 0 saturated heterocycles. The van der Waals surface area contributed by atoms with Crippen molar-refractivity contribution in [1.82, 2.24) is 9.47 Å². The Kier molecular flexibility index (Phi) is 10.3. The molecule has 2 heterocycles. The van der Waals surface area contributed by atoms with Crippen LogP contribution in [0.25, 0.3) is 20.7 Å². The summed E-state index contributed by atoms with van der Waals surface area (Å²) in [5.74, 6) is 0.224. The number of hydrogen-bond acceptors (Lipinski definition) is 5. The number of methoxy groups -OCH3 is 1. The number of halogens is 2. The summed E-state index contributed by atoms with van der Waals surface area (Å²) in [5, 5.41) is 0.527. The Morgan fingerprint density at radius 2 is 1.67 bits per heavy atom. The van der Waals surface area contributed by atoms with Crippen molar-refractivity contribution in [2.24, 2.45) is 0 Å². The van der Waals surface area contributed by atoms with Gasteiger partial charge < -0.3 is 9.30 Å². The van der Waals surface area contributed by atoms with E-state index >= 15 is 0 Å². The van der Waals surface area contributed by atoms with Crippen LogP contribution < -0.4 is 10.2 Å². The van der Waals surface area contributed by atoms with Gasteiger partial charge in [0.05, 0.1) is 24.6 Å². The normalized spacial score (nSPS) is 11.1. The van der Waals surface area contributed by atoms with E-state index in [1.165, 1.54) is 17.4 Å². The van der Waals surface area contributed by atoms with E-state index in [-0.39, 0.29) is 48.0 Å². The van der Waals surface area contributed by atoms with Gasteiger partial charge in [-0.15, -0.1) is 23.7 Å². The number of nitrogens with zero attached hydrogens (tertiary/aromatic N) is 2. The van der Waals surface area contributed by atoms with Crippen LogP contribution in [0.15, 0.2) is 89.9 Å². The molecule has 0 saturated carbocycles. The molecule has 3 aromatic carbocycles. The van der Waals surface area contributed by atoms with E-state index < -0.39 is 0 Å². The molecule has 0 N–H and O–H groups in total. The zero-order chi connectivity index (χ0) is 28.9. The van der Waals surface area contributed by atoms with Crippen LogP contribution >= 0.6 is 23.7 Å². The third kappa shape index (κ3) is 6.65. The fraction of sp³-hybridized carbons (Fsp3) is 0.235. The van der Waals surface area contributed by atoms with Crippen LogP contribution in [-0.2, 0) is 19.6 Å². The number of Topliss-reactive ketones (excluding diaryl/α,β-unsaturated/α-hetero) is 1. The molecule has 0 aliphatic heterocycles. The van der Waals surface area contributed by atoms with Gasteiger partial charge in [0.1, 0.15) is 16.4 Å². The van der Waals surface area contributed by atoms with E-state index in [1.807, 2.05) is 61.0 Å². The van der Waals surface area contributed by atoms with Crippen molar-refractivity contribution in [3.05, 3.63) is 123 Å². The molecule has 5 rings (SSSR count). The van der Waals surface area contributed by atoms with Gasteiger partial charge in [-0.1, -0.05) is 55.5 Å². The highest BCUT2D eigenvalue weighted by molar-refractivity contribution is 7.22. The minimum absolute atomic E-state index is 0. The molecule has 0 bridgehead atoms. The lowest BCUT2D eigenvalue weighted by Crippen LogP contribution is -2.22. The Morgan fingerprint density at radius 1 is 0.976 bits per heavy atom. The third-order valence-electron chi connectivity index (χ3n) is 7.16. The fourth-order valence-corrected chi connectivity index (χ4v) is 6.42. The Balaban J connectivity index is 0.00000405. The third-order valence-corrected chi connectivity index (χ3v) is 8.48. The second-order valence-corrected chi connectivity index (χ2v) is 11.2. The van der Waals surface area contributed by atoms with Gasteiger partial charge in [-0.25, -0.2) is 4.39 Å². The summed E-state index contributed by atoms with van der Waals surface area (Å²) in [6, 6.07) is 24.6. The monoisotopic (exact) mass is 604 g/mol. The molecule has 0 unspecified atom stereocenters. The predicted octanol–water partition coefficient (Wildman–Crippen LogP) is 7.96. The zero-order valence-electron chi connectivity index (χ0n) is 23.9. The number of thiophene rings is 1. The number of aromatic nitrogens is 1. The number of fused-ring (bicyclic) bond motifs is 1. The van der Waals surface area contributed by atoms with Crippen LogP contribution in [0, 0.1) is 5.82 Å². The lowest BCUT2D eigenvalue weighted by atomic mass is 10.0. The van der Waals surface area contributed by atoms with Crippen molar-refractivity contribution in [1.29, 1.82) is 0 Å². The van der Waals surface area contributed by atoms with Crippen LogP contribution in [0.1, 0.15) is 46.8 Å². The predicted molar refractivity (Wildman–Crippen MR) is 172 cm³/mol. The van der Waals surface area contributed by atoms with Gasteiger partial charge >= 0.3 is 0 Å². The highest BCUT2D eigenvalue weighted by Crippen LogP contribution is 2.39. The van der Waals surface area contributed by atoms with Crippen LogP contribution in [0.5, 0.6) is 5.75 Å². The highest BCUT2D eigenvalue weighted by atomic mass is 35.5. The molecule has 0 amide bonds. The average molecular weight is 605 g/mol. The molecule has 0 aliphatic carbocycles. The number of ketones is 1. The number of carbonyl (C=O) groups is 1. The van der Waals surface area contributed by atoms with E-state index in [4.69, 9.17) is 4.74 Å². The smallest absolute Gasteiger partial charge is 0.201 e. The highest BCUT2D eigenvalue weighted by Gasteiger charge is 2.24. The molecule has 0 radical (unpaired) electrons. The Hall–Kier alpha value is -3.78. The van der Waals surface area contributed by atoms with Gasteiger partial charge in [0.25, 0.3) is 0 Å². The summed E-state index contributed by atoms with van der Waals surface area (Å²) in [7, 11) is 3.65. The number of rotatable bonds is 11. The van der Waals surface area contributed by atoms with E-state index in [9.17, 15) is 14.0 Å². The second kappa shape index (κ2) is 13.9. The molecule has 0 spiro atoms. The van der Waals surface area contributed by atoms with E-state index in [0.717, 1.165) is 32.1 Å². The summed E-state index contributed by atoms with van der Waals surface area (Å²) >= 11 is 1.50. The first-order valence-electron chi connectivity index (χ1n) is 13.7. The zero-order valence-corrected chi connectivity index (χ0v) is 25.6. The topological polar surface area (TPSA) is 51.5 Å². The van der Waals surface area contributed by atoms with Gasteiger partial charge in [-0.3, -0.25) is 14.5 Å². The van der Waals surface area contributed by atoms with Crippen molar-refractivity contribution in [2.75, 3.05) is 14.2 Å². The van der Waals surface area contributed by atoms with Crippen LogP contribution in [0.3, 0.4) is 0 Å². The Labute approximate surface area is 255 Å². The molecule has 2 aromatic heterocycles. The van der Waals surface area contributed by atoms with Crippen molar-refractivity contribution in [2.45, 2.75) is 39.4 Å². The number of carbonyl (C=O) groups excluding carboxylic acids is 1. The summed E-state index contributed by atoms with van der Waals surface area (Å²) in [5.41, 5.74) is 3.37. The van der Waals surface area contributed by atoms with E-state index in [0.29, 0.717) is 30.5 Å². The maximum atomic E-state index is 14.8. The molecule has 0 atom stereocenters. The molecule has 0 aliphatic rings. The van der Waals surface area contributed by atoms with Crippen LogP contribution in [0.4, 0.5) is 4.39 Å². The van der Waals surface area contributed by atoms with Gasteiger partial charge in [0.2, 0.25) is 5.43 Å². The Bertz CT molecular complexity index is 1730. The van der Waals surface area contributed by atoms with Gasteiger partial charge in [0, 0.05) is 36.1 Å². The molecular weight excluding hydrogens is 571 g/mol. The van der Waals surface area contributed by atoms with Crippen molar-refractivity contribution in [3.63, 3.8) is 0 Å². The average Bonchev–Trinajstić information content (AvgIpc) is 3.35. The largest absolute Gasteiger partial charge is 0.497 e. The minimum Gasteiger partial charge on any atom is -0.497 e. The quantitative estimate of drug-likeness (QED) is 0.144. The lowest BCUT2D eigenvalue weighted by molar-refractivity contribution is 0.0980. The number of ether oxygens (including phenoxy) is 1. The van der Waals surface area contributed by atoms with Gasteiger partial charge in [-0.2, -0.15) is 0 Å². The maximum Gasteiger partial charge on any atom is 0.201 e. The minimum atomic E-state index is -0.324. The first kappa shape index (κ1) is 31.2. The van der Waals surface area contributed by atoms with Crippen molar-refractivity contribution < 1.29 is 13.9 Å². The van der Waals surface area contributed by atoms with Crippen molar-refractivity contribution in [3.8, 4) is 16.2 Å². The molecule has 5 nitrogen and oxygen atoms in total. The SMILES string of the molecule is CCCC(=O)c1cn(Cc2ccccc2F)c2sc(-c3ccc(OC)cc3)c(CN(C)Cc3ccccc3)c2c1=O.Cl. The van der Waals surface area contributed by atoms with Crippen LogP contribution in [-0.4, -0.2) is 29.4 Å². The summed E-state index contributed by atoms with van der Waals surface area (Å²) in [6.45, 7) is 3.32. The summed E-state index contributed by atoms with van der Waals surface area (Å²) in [6.07, 6.45) is 2.54.